The molecule has 31 heavy (non-hydrogen) atoms. The van der Waals surface area contributed by atoms with Crippen LogP contribution in [0.25, 0.3) is 0 Å². The van der Waals surface area contributed by atoms with Gasteiger partial charge in [0.1, 0.15) is 6.61 Å². The molecule has 3 N–H and O–H groups in total. The number of aliphatic hydroxyl groups is 2. The normalized spacial score (nSPS) is 43.6. The average molecular weight is 438 g/mol. The molecule has 0 aliphatic heterocycles. The van der Waals surface area contributed by atoms with Gasteiger partial charge in [0.2, 0.25) is 0 Å². The smallest absolute Gasteiger partial charge is 0.330 e. The van der Waals surface area contributed by atoms with Crippen molar-refractivity contribution in [1.82, 2.24) is 5.32 Å². The van der Waals surface area contributed by atoms with Crippen molar-refractivity contribution >= 4 is 11.9 Å². The number of esters is 2. The zero-order chi connectivity index (χ0) is 23.0. The third-order valence-corrected chi connectivity index (χ3v) is 8.83. The molecule has 3 fully saturated rings. The molecule has 0 aromatic rings. The summed E-state index contributed by atoms with van der Waals surface area (Å²) in [5.41, 5.74) is -0.174. The number of hydrogen-bond acceptors (Lipinski definition) is 7. The predicted octanol–water partition coefficient (Wildman–Crippen LogP) is 2.06. The Hall–Kier alpha value is -1.44. The molecule has 0 amide bonds. The van der Waals surface area contributed by atoms with Gasteiger partial charge in [-0.05, 0) is 75.2 Å². The van der Waals surface area contributed by atoms with Gasteiger partial charge in [-0.3, -0.25) is 4.79 Å². The Morgan fingerprint density at radius 2 is 1.97 bits per heavy atom. The fourth-order valence-corrected chi connectivity index (χ4v) is 7.05. The van der Waals surface area contributed by atoms with Crippen LogP contribution in [0.1, 0.15) is 52.9 Å². The molecule has 7 nitrogen and oxygen atoms in total. The number of methoxy groups -OCH3 is 1. The van der Waals surface area contributed by atoms with Crippen molar-refractivity contribution in [3.63, 3.8) is 0 Å². The van der Waals surface area contributed by atoms with E-state index < -0.39 is 23.6 Å². The lowest BCUT2D eigenvalue weighted by Crippen LogP contribution is -2.64. The van der Waals surface area contributed by atoms with Crippen LogP contribution >= 0.6 is 0 Å². The van der Waals surface area contributed by atoms with Crippen molar-refractivity contribution in [2.45, 2.75) is 65.1 Å². The maximum absolute atomic E-state index is 12.8. The van der Waals surface area contributed by atoms with E-state index in [4.69, 9.17) is 9.47 Å². The highest BCUT2D eigenvalue weighted by molar-refractivity contribution is 5.83. The lowest BCUT2D eigenvalue weighted by molar-refractivity contribution is -0.211. The summed E-state index contributed by atoms with van der Waals surface area (Å²) in [6.45, 7) is 7.06. The molecule has 3 rings (SSSR count). The Balaban J connectivity index is 1.86. The number of nitrogens with one attached hydrogen (secondary N) is 1. The molecule has 0 heterocycles. The summed E-state index contributed by atoms with van der Waals surface area (Å²) in [4.78, 5) is 25.0. The highest BCUT2D eigenvalue weighted by Crippen LogP contribution is 2.65. The third-order valence-electron chi connectivity index (χ3n) is 8.83. The molecule has 8 atom stereocenters. The Morgan fingerprint density at radius 3 is 2.61 bits per heavy atom. The van der Waals surface area contributed by atoms with E-state index in [1.807, 2.05) is 7.05 Å². The fourth-order valence-electron chi connectivity index (χ4n) is 7.05. The largest absolute Gasteiger partial charge is 0.469 e. The third kappa shape index (κ3) is 4.05. The van der Waals surface area contributed by atoms with Gasteiger partial charge in [0.25, 0.3) is 0 Å². The van der Waals surface area contributed by atoms with Crippen LogP contribution < -0.4 is 5.32 Å². The Kier molecular flexibility index (Phi) is 7.18. The first-order valence-corrected chi connectivity index (χ1v) is 11.6. The number of allylic oxidation sites excluding steroid dienone is 1. The van der Waals surface area contributed by atoms with Crippen molar-refractivity contribution in [1.29, 1.82) is 0 Å². The van der Waals surface area contributed by atoms with Gasteiger partial charge in [-0.15, -0.1) is 0 Å². The van der Waals surface area contributed by atoms with Crippen molar-refractivity contribution < 1.29 is 29.3 Å². The van der Waals surface area contributed by atoms with E-state index in [2.05, 4.69) is 19.2 Å². The summed E-state index contributed by atoms with van der Waals surface area (Å²) in [5.74, 6) is -0.593. The summed E-state index contributed by atoms with van der Waals surface area (Å²) in [6, 6.07) is 0. The van der Waals surface area contributed by atoms with E-state index in [-0.39, 0.29) is 35.1 Å². The van der Waals surface area contributed by atoms with Crippen LogP contribution in [0.15, 0.2) is 11.6 Å². The highest BCUT2D eigenvalue weighted by atomic mass is 16.5. The van der Waals surface area contributed by atoms with E-state index in [9.17, 15) is 19.8 Å². The van der Waals surface area contributed by atoms with E-state index in [0.29, 0.717) is 26.0 Å². The lowest BCUT2D eigenvalue weighted by atomic mass is 9.42. The van der Waals surface area contributed by atoms with Crippen LogP contribution in [0.2, 0.25) is 0 Å². The maximum Gasteiger partial charge on any atom is 0.330 e. The Morgan fingerprint density at radius 1 is 1.26 bits per heavy atom. The van der Waals surface area contributed by atoms with E-state index in [1.54, 1.807) is 13.0 Å². The van der Waals surface area contributed by atoms with Crippen molar-refractivity contribution in [2.75, 3.05) is 27.3 Å². The molecule has 0 unspecified atom stereocenters. The fraction of sp³-hybridized carbons (Fsp3) is 0.833. The first-order valence-electron chi connectivity index (χ1n) is 11.6. The van der Waals surface area contributed by atoms with Gasteiger partial charge in [-0.1, -0.05) is 19.4 Å². The van der Waals surface area contributed by atoms with Crippen molar-refractivity contribution in [2.24, 2.45) is 34.5 Å². The molecule has 3 saturated carbocycles. The summed E-state index contributed by atoms with van der Waals surface area (Å²) in [7, 11) is 3.17. The van der Waals surface area contributed by atoms with Gasteiger partial charge in [-0.25, -0.2) is 4.79 Å². The Bertz CT molecular complexity index is 723. The molecular formula is C24H39NO6. The van der Waals surface area contributed by atoms with Crippen LogP contribution in [0.5, 0.6) is 0 Å². The molecule has 176 valence electrons. The van der Waals surface area contributed by atoms with Crippen LogP contribution in [0.4, 0.5) is 0 Å². The second kappa shape index (κ2) is 9.20. The van der Waals surface area contributed by atoms with E-state index in [0.717, 1.165) is 24.8 Å². The quantitative estimate of drug-likeness (QED) is 0.343. The van der Waals surface area contributed by atoms with Crippen molar-refractivity contribution in [3.05, 3.63) is 11.6 Å². The number of aliphatic hydroxyl groups excluding tert-OH is 2. The zero-order valence-electron chi connectivity index (χ0n) is 19.5. The maximum atomic E-state index is 12.8. The molecule has 0 radical (unpaired) electrons. The molecular weight excluding hydrogens is 398 g/mol. The topological polar surface area (TPSA) is 105 Å². The molecule has 0 spiro atoms. The minimum absolute atomic E-state index is 0.0171. The van der Waals surface area contributed by atoms with E-state index >= 15 is 0 Å². The second-order valence-corrected chi connectivity index (χ2v) is 10.2. The molecule has 7 heteroatoms. The van der Waals surface area contributed by atoms with Gasteiger partial charge in [-0.2, -0.15) is 0 Å². The van der Waals surface area contributed by atoms with Gasteiger partial charge in [0.05, 0.1) is 24.7 Å². The number of fused-ring (bicyclic) bond motifs is 3. The molecule has 3 aliphatic carbocycles. The van der Waals surface area contributed by atoms with Crippen LogP contribution in [0, 0.1) is 34.5 Å². The number of ether oxygens (including phenoxy) is 2. The minimum atomic E-state index is -1.02. The Labute approximate surface area is 185 Å². The predicted molar refractivity (Wildman–Crippen MR) is 116 cm³/mol. The summed E-state index contributed by atoms with van der Waals surface area (Å²) in [5, 5.41) is 25.0. The van der Waals surface area contributed by atoms with Crippen LogP contribution in [-0.4, -0.2) is 61.7 Å². The summed E-state index contributed by atoms with van der Waals surface area (Å²) >= 11 is 0. The number of likely N-dealkylation sites (N-methyl/N-ethyl adjacent to an activating group) is 1. The summed E-state index contributed by atoms with van der Waals surface area (Å²) < 4.78 is 10.4. The van der Waals surface area contributed by atoms with Gasteiger partial charge in [0, 0.05) is 12.6 Å². The number of carbonyl (C=O) groups is 2. The van der Waals surface area contributed by atoms with E-state index in [1.165, 1.54) is 7.11 Å². The van der Waals surface area contributed by atoms with Crippen LogP contribution in [-0.2, 0) is 19.1 Å². The number of hydrogen-bond donors (Lipinski definition) is 3. The standard InChI is InChI=1S/C24H39NO6/c1-14-15(12-20(28)31-11-10-25-4)6-7-16-21(14)17(26)13-18-23(16,2)9-8-19(27)24(18,3)22(29)30-5/h12,14,16-19,21,25-27H,6-11,13H2,1-5H3/b15-12+/t14-,16-,17-,18+,19-,21-,23+,24+/m0/s1. The number of carbonyl (C=O) groups excluding carboxylic acids is 2. The van der Waals surface area contributed by atoms with Crippen LogP contribution in [0.3, 0.4) is 0 Å². The number of rotatable bonds is 5. The first kappa shape index (κ1) is 24.2. The van der Waals surface area contributed by atoms with Gasteiger partial charge < -0.3 is 25.0 Å². The van der Waals surface area contributed by atoms with Gasteiger partial charge in [0.15, 0.2) is 0 Å². The minimum Gasteiger partial charge on any atom is -0.469 e. The highest BCUT2D eigenvalue weighted by Gasteiger charge is 2.65. The zero-order valence-corrected chi connectivity index (χ0v) is 19.5. The second-order valence-electron chi connectivity index (χ2n) is 10.2. The monoisotopic (exact) mass is 437 g/mol. The van der Waals surface area contributed by atoms with Crippen molar-refractivity contribution in [3.8, 4) is 0 Å². The average Bonchev–Trinajstić information content (AvgIpc) is 2.74. The van der Waals surface area contributed by atoms with Gasteiger partial charge >= 0.3 is 11.9 Å². The molecule has 3 aliphatic rings. The lowest BCUT2D eigenvalue weighted by Gasteiger charge is -2.63. The SMILES string of the molecule is CNCCOC(=O)/C=C1\CC[C@H]2[C@@H]([C@@H](O)C[C@@H]3[C@]2(C)CC[C@H](O)[C@]3(C)C(=O)OC)[C@H]1C. The molecule has 0 aromatic carbocycles. The summed E-state index contributed by atoms with van der Waals surface area (Å²) in [6.07, 6.45) is 3.68. The molecule has 0 aromatic heterocycles. The molecule has 0 saturated heterocycles. The molecule has 0 bridgehead atoms. The first-order chi connectivity index (χ1) is 14.6.